The molecule has 0 bridgehead atoms. The number of nitrogens with one attached hydrogen (secondary N) is 2. The average molecular weight is 196 g/mol. The predicted molar refractivity (Wildman–Crippen MR) is 56.0 cm³/mol. The molecule has 1 heterocycles. The van der Waals surface area contributed by atoms with E-state index >= 15 is 0 Å². The minimum Gasteiger partial charge on any atom is -0.352 e. The summed E-state index contributed by atoms with van der Waals surface area (Å²) in [5, 5.41) is 6.35. The number of carbonyl (C=O) groups excluding carboxylic acids is 1. The second-order valence-corrected chi connectivity index (χ2v) is 4.55. The second-order valence-electron chi connectivity index (χ2n) is 4.55. The highest BCUT2D eigenvalue weighted by molar-refractivity contribution is 5.82. The van der Waals surface area contributed by atoms with Gasteiger partial charge in [0.25, 0.3) is 0 Å². The van der Waals surface area contributed by atoms with Crippen molar-refractivity contribution in [2.45, 2.75) is 51.1 Å². The molecule has 0 spiro atoms. The van der Waals surface area contributed by atoms with Gasteiger partial charge in [0.15, 0.2) is 0 Å². The van der Waals surface area contributed by atoms with Gasteiger partial charge in [-0.1, -0.05) is 13.3 Å². The summed E-state index contributed by atoms with van der Waals surface area (Å²) >= 11 is 0. The lowest BCUT2D eigenvalue weighted by Crippen LogP contribution is -2.41. The molecule has 1 saturated carbocycles. The molecule has 1 aliphatic carbocycles. The summed E-state index contributed by atoms with van der Waals surface area (Å²) < 4.78 is 0. The average Bonchev–Trinajstić information content (AvgIpc) is 2.71. The lowest BCUT2D eigenvalue weighted by atomic mass is 10.2. The fourth-order valence-electron chi connectivity index (χ4n) is 2.31. The lowest BCUT2D eigenvalue weighted by Gasteiger charge is -2.10. The topological polar surface area (TPSA) is 41.1 Å². The van der Waals surface area contributed by atoms with Crippen molar-refractivity contribution in [1.29, 1.82) is 0 Å². The molecule has 1 aliphatic heterocycles. The van der Waals surface area contributed by atoms with Crippen molar-refractivity contribution in [3.05, 3.63) is 0 Å². The first-order valence-corrected chi connectivity index (χ1v) is 5.85. The first-order chi connectivity index (χ1) is 6.81. The highest BCUT2D eigenvalue weighted by atomic mass is 16.2. The van der Waals surface area contributed by atoms with Crippen LogP contribution in [0.2, 0.25) is 0 Å². The summed E-state index contributed by atoms with van der Waals surface area (Å²) in [4.78, 5) is 11.7. The van der Waals surface area contributed by atoms with E-state index in [0.717, 1.165) is 25.3 Å². The van der Waals surface area contributed by atoms with Crippen molar-refractivity contribution >= 4 is 5.91 Å². The normalized spacial score (nSPS) is 35.6. The van der Waals surface area contributed by atoms with Crippen LogP contribution in [-0.4, -0.2) is 24.5 Å². The van der Waals surface area contributed by atoms with Crippen LogP contribution in [0.25, 0.3) is 0 Å². The molecule has 3 nitrogen and oxygen atoms in total. The van der Waals surface area contributed by atoms with E-state index in [-0.39, 0.29) is 11.9 Å². The van der Waals surface area contributed by atoms with Crippen LogP contribution in [0.5, 0.6) is 0 Å². The van der Waals surface area contributed by atoms with E-state index < -0.39 is 0 Å². The molecule has 3 atom stereocenters. The molecule has 0 aromatic heterocycles. The molecular weight excluding hydrogens is 176 g/mol. The van der Waals surface area contributed by atoms with Crippen molar-refractivity contribution in [2.75, 3.05) is 6.54 Å². The van der Waals surface area contributed by atoms with E-state index in [1.165, 1.54) is 19.3 Å². The van der Waals surface area contributed by atoms with E-state index in [0.29, 0.717) is 6.04 Å². The van der Waals surface area contributed by atoms with E-state index in [4.69, 9.17) is 0 Å². The summed E-state index contributed by atoms with van der Waals surface area (Å²) in [5.74, 6) is 0.997. The van der Waals surface area contributed by atoms with Crippen LogP contribution in [0.3, 0.4) is 0 Å². The van der Waals surface area contributed by atoms with Crippen molar-refractivity contribution in [3.8, 4) is 0 Å². The van der Waals surface area contributed by atoms with Crippen LogP contribution in [0, 0.1) is 5.92 Å². The molecule has 2 fully saturated rings. The molecule has 0 radical (unpaired) electrons. The molecule has 1 amide bonds. The standard InChI is InChI=1S/C11H20N2O/c1-2-4-8-7-10(8)13-11(14)9-5-3-6-12-9/h8-10,12H,2-7H2,1H3,(H,13,14). The summed E-state index contributed by atoms with van der Waals surface area (Å²) in [6.45, 7) is 3.21. The minimum absolute atomic E-state index is 0.0953. The highest BCUT2D eigenvalue weighted by Crippen LogP contribution is 2.34. The van der Waals surface area contributed by atoms with Gasteiger partial charge >= 0.3 is 0 Å². The zero-order valence-corrected chi connectivity index (χ0v) is 8.88. The Morgan fingerprint density at radius 2 is 2.43 bits per heavy atom. The molecule has 3 heteroatoms. The van der Waals surface area contributed by atoms with E-state index in [1.807, 2.05) is 0 Å². The summed E-state index contributed by atoms with van der Waals surface area (Å²) in [6, 6.07) is 0.586. The molecule has 0 aromatic carbocycles. The molecule has 1 saturated heterocycles. The molecule has 3 unspecified atom stereocenters. The third kappa shape index (κ3) is 2.27. The van der Waals surface area contributed by atoms with Gasteiger partial charge in [0.2, 0.25) is 5.91 Å². The number of carbonyl (C=O) groups is 1. The van der Waals surface area contributed by atoms with Gasteiger partial charge in [0.05, 0.1) is 6.04 Å². The van der Waals surface area contributed by atoms with Crippen LogP contribution < -0.4 is 10.6 Å². The van der Waals surface area contributed by atoms with E-state index in [1.54, 1.807) is 0 Å². The maximum absolute atomic E-state index is 11.7. The Balaban J connectivity index is 1.68. The zero-order chi connectivity index (χ0) is 9.97. The second kappa shape index (κ2) is 4.30. The third-order valence-electron chi connectivity index (χ3n) is 3.29. The molecule has 2 aliphatic rings. The Labute approximate surface area is 85.6 Å². The maximum Gasteiger partial charge on any atom is 0.237 e. The quantitative estimate of drug-likeness (QED) is 0.705. The van der Waals surface area contributed by atoms with E-state index in [9.17, 15) is 4.79 Å². The summed E-state index contributed by atoms with van der Waals surface area (Å²) in [5.41, 5.74) is 0. The molecule has 2 rings (SSSR count). The molecule has 0 aromatic rings. The largest absolute Gasteiger partial charge is 0.352 e. The smallest absolute Gasteiger partial charge is 0.237 e. The van der Waals surface area contributed by atoms with Crippen LogP contribution in [-0.2, 0) is 4.79 Å². The number of amides is 1. The van der Waals surface area contributed by atoms with Gasteiger partial charge in [-0.05, 0) is 38.1 Å². The predicted octanol–water partition coefficient (Wildman–Crippen LogP) is 1.04. The van der Waals surface area contributed by atoms with Gasteiger partial charge in [-0.15, -0.1) is 0 Å². The zero-order valence-electron chi connectivity index (χ0n) is 8.88. The lowest BCUT2D eigenvalue weighted by molar-refractivity contribution is -0.123. The van der Waals surface area contributed by atoms with Crippen molar-refractivity contribution in [2.24, 2.45) is 5.92 Å². The minimum atomic E-state index is 0.0953. The van der Waals surface area contributed by atoms with Crippen LogP contribution in [0.1, 0.15) is 39.0 Å². The van der Waals surface area contributed by atoms with Crippen molar-refractivity contribution in [1.82, 2.24) is 10.6 Å². The van der Waals surface area contributed by atoms with Crippen molar-refractivity contribution < 1.29 is 4.79 Å². The fraction of sp³-hybridized carbons (Fsp3) is 0.909. The highest BCUT2D eigenvalue weighted by Gasteiger charge is 2.38. The summed E-state index contributed by atoms with van der Waals surface area (Å²) in [7, 11) is 0. The maximum atomic E-state index is 11.7. The van der Waals surface area contributed by atoms with E-state index in [2.05, 4.69) is 17.6 Å². The number of rotatable bonds is 4. The molecule has 2 N–H and O–H groups in total. The van der Waals surface area contributed by atoms with Gasteiger partial charge in [-0.2, -0.15) is 0 Å². The molecular formula is C11H20N2O. The SMILES string of the molecule is CCCC1CC1NC(=O)C1CCCN1. The van der Waals surface area contributed by atoms with Crippen LogP contribution in [0.15, 0.2) is 0 Å². The Bertz CT molecular complexity index is 211. The third-order valence-corrected chi connectivity index (χ3v) is 3.29. The van der Waals surface area contributed by atoms with Gasteiger partial charge in [0, 0.05) is 6.04 Å². The van der Waals surface area contributed by atoms with Crippen LogP contribution >= 0.6 is 0 Å². The van der Waals surface area contributed by atoms with Gasteiger partial charge in [-0.3, -0.25) is 4.79 Å². The van der Waals surface area contributed by atoms with Gasteiger partial charge in [0.1, 0.15) is 0 Å². The van der Waals surface area contributed by atoms with Crippen LogP contribution in [0.4, 0.5) is 0 Å². The Kier molecular flexibility index (Phi) is 3.06. The summed E-state index contributed by atoms with van der Waals surface area (Å²) in [6.07, 6.45) is 5.85. The Hall–Kier alpha value is -0.570. The number of hydrogen-bond acceptors (Lipinski definition) is 2. The number of hydrogen-bond donors (Lipinski definition) is 2. The van der Waals surface area contributed by atoms with Crippen molar-refractivity contribution in [3.63, 3.8) is 0 Å². The fourth-order valence-corrected chi connectivity index (χ4v) is 2.31. The van der Waals surface area contributed by atoms with Gasteiger partial charge < -0.3 is 10.6 Å². The van der Waals surface area contributed by atoms with Gasteiger partial charge in [-0.25, -0.2) is 0 Å². The molecule has 14 heavy (non-hydrogen) atoms. The molecule has 80 valence electrons. The first-order valence-electron chi connectivity index (χ1n) is 5.85. The first kappa shape index (κ1) is 9.97. The Morgan fingerprint density at radius 1 is 1.57 bits per heavy atom. The Morgan fingerprint density at radius 3 is 3.07 bits per heavy atom. The monoisotopic (exact) mass is 196 g/mol.